The summed E-state index contributed by atoms with van der Waals surface area (Å²) in [5.41, 5.74) is 3.17. The number of nitrogens with zero attached hydrogens (tertiary/aromatic N) is 1. The zero-order valence-electron chi connectivity index (χ0n) is 9.41. The van der Waals surface area contributed by atoms with E-state index in [2.05, 4.69) is 10.4 Å². The molecule has 14 heavy (non-hydrogen) atoms. The van der Waals surface area contributed by atoms with Crippen molar-refractivity contribution in [3.05, 3.63) is 23.9 Å². The van der Waals surface area contributed by atoms with Gasteiger partial charge in [-0.05, 0) is 17.7 Å². The van der Waals surface area contributed by atoms with Crippen molar-refractivity contribution in [3.8, 4) is 0 Å². The van der Waals surface area contributed by atoms with Gasteiger partial charge in [0.2, 0.25) is 0 Å². The summed E-state index contributed by atoms with van der Waals surface area (Å²) in [4.78, 5) is 3.86. The van der Waals surface area contributed by atoms with Gasteiger partial charge < -0.3 is 10.5 Å². The second-order valence-corrected chi connectivity index (χ2v) is 1.85. The Kier molecular flexibility index (Phi) is 13.0. The molecule has 1 aromatic heterocycles. The van der Waals surface area contributed by atoms with E-state index in [-0.39, 0.29) is 6.61 Å². The van der Waals surface area contributed by atoms with Crippen LogP contribution in [-0.2, 0) is 6.61 Å². The van der Waals surface area contributed by atoms with Gasteiger partial charge in [0, 0.05) is 6.20 Å². The Hall–Kier alpha value is -1.13. The maximum Gasteiger partial charge on any atom is 0.140 e. The third kappa shape index (κ3) is 6.39. The van der Waals surface area contributed by atoms with Crippen LogP contribution in [0.1, 0.15) is 33.3 Å². The number of nitrogens with two attached hydrogens (primary N) is 1. The van der Waals surface area contributed by atoms with Gasteiger partial charge in [-0.15, -0.1) is 0 Å². The molecule has 0 bridgehead atoms. The average molecular weight is 199 g/mol. The maximum absolute atomic E-state index is 8.66. The quantitative estimate of drug-likeness (QED) is 0.502. The molecule has 0 fully saturated rings. The number of rotatable bonds is 2. The largest absolute Gasteiger partial charge is 0.392 e. The molecule has 1 heterocycles. The summed E-state index contributed by atoms with van der Waals surface area (Å²) >= 11 is 0. The van der Waals surface area contributed by atoms with Crippen molar-refractivity contribution in [1.29, 1.82) is 0 Å². The topological polar surface area (TPSA) is 71.2 Å². The molecule has 0 amide bonds. The van der Waals surface area contributed by atoms with Crippen LogP contribution < -0.4 is 11.3 Å². The Morgan fingerprint density at radius 1 is 1.36 bits per heavy atom. The molecular weight excluding hydrogens is 178 g/mol. The fourth-order valence-corrected chi connectivity index (χ4v) is 0.652. The van der Waals surface area contributed by atoms with Crippen LogP contribution >= 0.6 is 0 Å². The molecule has 82 valence electrons. The molecule has 4 heteroatoms. The molecule has 4 N–H and O–H groups in total. The van der Waals surface area contributed by atoms with Crippen molar-refractivity contribution in [2.45, 2.75) is 34.3 Å². The van der Waals surface area contributed by atoms with Gasteiger partial charge in [0.1, 0.15) is 5.82 Å². The predicted octanol–water partition coefficient (Wildman–Crippen LogP) is 1.91. The Balaban J connectivity index is 0. The van der Waals surface area contributed by atoms with Crippen LogP contribution in [0.5, 0.6) is 0 Å². The highest BCUT2D eigenvalue weighted by Crippen LogP contribution is 2.03. The minimum Gasteiger partial charge on any atom is -0.392 e. The molecule has 1 aromatic rings. The summed E-state index contributed by atoms with van der Waals surface area (Å²) in [6, 6.07) is 3.40. The zero-order chi connectivity index (χ0) is 11.4. The Labute approximate surface area is 86.1 Å². The molecule has 0 aliphatic rings. The number of aromatic nitrogens is 1. The third-order valence-electron chi connectivity index (χ3n) is 1.15. The molecule has 4 nitrogen and oxygen atoms in total. The lowest BCUT2D eigenvalue weighted by molar-refractivity contribution is 0.282. The third-order valence-corrected chi connectivity index (χ3v) is 1.15. The van der Waals surface area contributed by atoms with E-state index in [1.54, 1.807) is 18.3 Å². The molecule has 0 radical (unpaired) electrons. The number of hydrogen-bond acceptors (Lipinski definition) is 4. The van der Waals surface area contributed by atoms with Crippen LogP contribution in [0.3, 0.4) is 0 Å². The second kappa shape index (κ2) is 11.9. The Morgan fingerprint density at radius 3 is 2.36 bits per heavy atom. The molecule has 1 rings (SSSR count). The van der Waals surface area contributed by atoms with Crippen molar-refractivity contribution < 1.29 is 5.11 Å². The van der Waals surface area contributed by atoms with Gasteiger partial charge in [-0.2, -0.15) is 0 Å². The van der Waals surface area contributed by atoms with Crippen LogP contribution in [0.2, 0.25) is 0 Å². The van der Waals surface area contributed by atoms with E-state index in [0.717, 1.165) is 5.56 Å². The number of aliphatic hydroxyl groups is 1. The SMILES string of the molecule is CC.CC.NNc1cc(CO)ccn1. The minimum atomic E-state index is 0.0111. The summed E-state index contributed by atoms with van der Waals surface area (Å²) < 4.78 is 0. The van der Waals surface area contributed by atoms with Crippen molar-refractivity contribution >= 4 is 5.82 Å². The molecular formula is C10H21N3O. The van der Waals surface area contributed by atoms with E-state index < -0.39 is 0 Å². The molecule has 0 aliphatic heterocycles. The summed E-state index contributed by atoms with van der Waals surface area (Å²) in [7, 11) is 0. The van der Waals surface area contributed by atoms with E-state index >= 15 is 0 Å². The highest BCUT2D eigenvalue weighted by molar-refractivity contribution is 5.35. The van der Waals surface area contributed by atoms with Crippen LogP contribution in [0.15, 0.2) is 18.3 Å². The standard InChI is InChI=1S/C6H9N3O.2C2H6/c7-9-6-3-5(4-10)1-2-8-6;2*1-2/h1-3,10H,4,7H2,(H,8,9);2*1-2H3. The van der Waals surface area contributed by atoms with Crippen LogP contribution in [0, 0.1) is 0 Å². The van der Waals surface area contributed by atoms with Crippen molar-refractivity contribution in [2.75, 3.05) is 5.43 Å². The van der Waals surface area contributed by atoms with Crippen molar-refractivity contribution in [3.63, 3.8) is 0 Å². The van der Waals surface area contributed by atoms with Crippen LogP contribution in [-0.4, -0.2) is 10.1 Å². The van der Waals surface area contributed by atoms with E-state index in [4.69, 9.17) is 10.9 Å². The molecule has 0 saturated heterocycles. The number of nitrogen functional groups attached to an aromatic ring is 1. The molecule has 0 atom stereocenters. The molecule has 0 unspecified atom stereocenters. The highest BCUT2D eigenvalue weighted by atomic mass is 16.3. The van der Waals surface area contributed by atoms with Crippen molar-refractivity contribution in [1.82, 2.24) is 4.98 Å². The monoisotopic (exact) mass is 199 g/mol. The Bertz CT molecular complexity index is 197. The van der Waals surface area contributed by atoms with Gasteiger partial charge >= 0.3 is 0 Å². The molecule has 0 aliphatic carbocycles. The summed E-state index contributed by atoms with van der Waals surface area (Å²) in [6.07, 6.45) is 1.58. The smallest absolute Gasteiger partial charge is 0.140 e. The number of pyridine rings is 1. The molecule has 0 aromatic carbocycles. The van der Waals surface area contributed by atoms with Crippen LogP contribution in [0.4, 0.5) is 5.82 Å². The number of anilines is 1. The normalized spacial score (nSPS) is 7.57. The first-order chi connectivity index (χ1) is 6.86. The first kappa shape index (κ1) is 15.3. The van der Waals surface area contributed by atoms with Gasteiger partial charge in [0.15, 0.2) is 0 Å². The molecule has 0 saturated carbocycles. The van der Waals surface area contributed by atoms with Gasteiger partial charge in [-0.25, -0.2) is 10.8 Å². The first-order valence-electron chi connectivity index (χ1n) is 4.89. The van der Waals surface area contributed by atoms with E-state index in [1.165, 1.54) is 0 Å². The van der Waals surface area contributed by atoms with Gasteiger partial charge in [-0.1, -0.05) is 27.7 Å². The predicted molar refractivity (Wildman–Crippen MR) is 60.7 cm³/mol. The summed E-state index contributed by atoms with van der Waals surface area (Å²) in [5.74, 6) is 5.64. The fourth-order valence-electron chi connectivity index (χ4n) is 0.652. The Morgan fingerprint density at radius 2 is 1.93 bits per heavy atom. The van der Waals surface area contributed by atoms with Crippen molar-refractivity contribution in [2.24, 2.45) is 5.84 Å². The lowest BCUT2D eigenvalue weighted by Gasteiger charge is -1.99. The molecule has 0 spiro atoms. The van der Waals surface area contributed by atoms with E-state index in [1.807, 2.05) is 27.7 Å². The zero-order valence-corrected chi connectivity index (χ0v) is 9.41. The fraction of sp³-hybridized carbons (Fsp3) is 0.500. The number of aliphatic hydroxyl groups excluding tert-OH is 1. The minimum absolute atomic E-state index is 0.0111. The lowest BCUT2D eigenvalue weighted by Crippen LogP contribution is -2.08. The van der Waals surface area contributed by atoms with Gasteiger partial charge in [-0.3, -0.25) is 0 Å². The average Bonchev–Trinajstić information content (AvgIpc) is 2.34. The summed E-state index contributed by atoms with van der Waals surface area (Å²) in [5, 5.41) is 8.66. The number of hydrazine groups is 1. The summed E-state index contributed by atoms with van der Waals surface area (Å²) in [6.45, 7) is 8.01. The van der Waals surface area contributed by atoms with Gasteiger partial charge in [0.25, 0.3) is 0 Å². The first-order valence-corrected chi connectivity index (χ1v) is 4.89. The number of nitrogens with one attached hydrogen (secondary N) is 1. The van der Waals surface area contributed by atoms with E-state index in [9.17, 15) is 0 Å². The lowest BCUT2D eigenvalue weighted by atomic mass is 10.3. The second-order valence-electron chi connectivity index (χ2n) is 1.85. The van der Waals surface area contributed by atoms with E-state index in [0.29, 0.717) is 5.82 Å². The highest BCUT2D eigenvalue weighted by Gasteiger charge is 1.91. The maximum atomic E-state index is 8.66. The van der Waals surface area contributed by atoms with Gasteiger partial charge in [0.05, 0.1) is 6.61 Å². The van der Waals surface area contributed by atoms with Crippen LogP contribution in [0.25, 0.3) is 0 Å². The number of hydrogen-bond donors (Lipinski definition) is 3.